The highest BCUT2D eigenvalue weighted by Crippen LogP contribution is 2.61. The van der Waals surface area contributed by atoms with Crippen LogP contribution in [0.15, 0.2) is 51.9 Å². The first-order valence-corrected chi connectivity index (χ1v) is 15.2. The minimum Gasteiger partial charge on any atom is -0.386 e. The number of anilines is 1. The van der Waals surface area contributed by atoms with Crippen molar-refractivity contribution < 1.29 is 14.3 Å². The minimum absolute atomic E-state index is 0.0895. The number of aliphatic hydroxyl groups excluding tert-OH is 1. The van der Waals surface area contributed by atoms with Crippen LogP contribution in [0.25, 0.3) is 0 Å². The van der Waals surface area contributed by atoms with E-state index < -0.39 is 11.9 Å². The van der Waals surface area contributed by atoms with Crippen LogP contribution in [-0.4, -0.2) is 60.1 Å². The monoisotopic (exact) mass is 613 g/mol. The van der Waals surface area contributed by atoms with E-state index in [2.05, 4.69) is 64.5 Å². The second kappa shape index (κ2) is 11.8. The Morgan fingerprint density at radius 2 is 1.98 bits per heavy atom. The maximum absolute atomic E-state index is 14.2. The number of carbonyl (C=O) groups is 1. The first-order valence-electron chi connectivity index (χ1n) is 14.4. The van der Waals surface area contributed by atoms with Gasteiger partial charge in [0.05, 0.1) is 12.1 Å². The summed E-state index contributed by atoms with van der Waals surface area (Å²) in [5, 5.41) is 20.2. The van der Waals surface area contributed by atoms with E-state index in [-0.39, 0.29) is 18.0 Å². The number of hydrogen-bond acceptors (Lipinski definition) is 4. The molecule has 3 saturated carbocycles. The Balaban J connectivity index is 1.25. The number of hydrogen-bond donors (Lipinski definition) is 4. The van der Waals surface area contributed by atoms with Gasteiger partial charge in [-0.05, 0) is 79.3 Å². The van der Waals surface area contributed by atoms with Gasteiger partial charge in [0.15, 0.2) is 5.96 Å². The van der Waals surface area contributed by atoms with Gasteiger partial charge in [0.25, 0.3) is 5.91 Å². The maximum Gasteiger partial charge on any atom is 0.251 e. The molecule has 0 aromatic heterocycles. The van der Waals surface area contributed by atoms with Gasteiger partial charge in [-0.1, -0.05) is 42.8 Å². The fourth-order valence-corrected chi connectivity index (χ4v) is 7.11. The van der Waals surface area contributed by atoms with Gasteiger partial charge in [0, 0.05) is 53.5 Å². The van der Waals surface area contributed by atoms with Gasteiger partial charge < -0.3 is 26.0 Å². The average Bonchev–Trinajstić information content (AvgIpc) is 2.92. The first-order chi connectivity index (χ1) is 19.0. The second-order valence-electron chi connectivity index (χ2n) is 12.4. The topological polar surface area (TPSA) is 89.0 Å². The Labute approximate surface area is 245 Å². The fraction of sp³-hybridized carbons (Fsp3) is 0.548. The van der Waals surface area contributed by atoms with Crippen molar-refractivity contribution >= 4 is 33.5 Å². The Morgan fingerprint density at radius 3 is 2.62 bits per heavy atom. The maximum atomic E-state index is 14.2. The van der Waals surface area contributed by atoms with E-state index in [1.165, 1.54) is 18.6 Å². The van der Waals surface area contributed by atoms with Crippen LogP contribution in [0, 0.1) is 29.0 Å². The van der Waals surface area contributed by atoms with Crippen molar-refractivity contribution in [1.29, 1.82) is 0 Å². The molecule has 6 atom stereocenters. The number of amides is 1. The van der Waals surface area contributed by atoms with E-state index in [0.717, 1.165) is 49.5 Å². The number of piperazine rings is 1. The van der Waals surface area contributed by atoms with Gasteiger partial charge in [-0.25, -0.2) is 9.38 Å². The number of carbonyl (C=O) groups excluding carboxylic acids is 1. The highest BCUT2D eigenvalue weighted by atomic mass is 79.9. The Bertz CT molecular complexity index is 1250. The Morgan fingerprint density at radius 1 is 1.23 bits per heavy atom. The molecule has 1 saturated heterocycles. The van der Waals surface area contributed by atoms with Crippen LogP contribution >= 0.6 is 15.9 Å². The molecule has 40 heavy (non-hydrogen) atoms. The van der Waals surface area contributed by atoms with E-state index in [9.17, 15) is 14.3 Å². The van der Waals surface area contributed by atoms with Gasteiger partial charge >= 0.3 is 0 Å². The summed E-state index contributed by atoms with van der Waals surface area (Å²) in [5.41, 5.74) is 1.89. The fourth-order valence-electron chi connectivity index (χ4n) is 6.77. The Hall–Kier alpha value is -2.49. The molecule has 6 rings (SSSR count). The first kappa shape index (κ1) is 29.0. The van der Waals surface area contributed by atoms with Gasteiger partial charge in [-0.2, -0.15) is 0 Å². The summed E-state index contributed by atoms with van der Waals surface area (Å²) >= 11 is 3.21. The summed E-state index contributed by atoms with van der Waals surface area (Å²) in [6, 6.07) is 12.4. The SMILES string of the molecule is C[C@@H]1[C@@H](/N=C(\Nc2ccc(C(=O)NCC(O)c3ccc(Br)cc3F)cc2)N2CCN[C@@H](C)C2)C[C@H]2C[C@@H]1C2(C)C. The number of aliphatic hydroxyl groups is 1. The molecule has 9 heteroatoms. The molecule has 1 heterocycles. The minimum atomic E-state index is -1.14. The Kier molecular flexibility index (Phi) is 8.55. The zero-order valence-corrected chi connectivity index (χ0v) is 25.3. The van der Waals surface area contributed by atoms with E-state index in [4.69, 9.17) is 4.99 Å². The third kappa shape index (κ3) is 6.06. The molecule has 4 aliphatic rings. The van der Waals surface area contributed by atoms with Crippen molar-refractivity contribution in [3.8, 4) is 0 Å². The highest BCUT2D eigenvalue weighted by Gasteiger charge is 2.56. The van der Waals surface area contributed by atoms with Crippen molar-refractivity contribution in [3.63, 3.8) is 0 Å². The number of rotatable bonds is 6. The van der Waals surface area contributed by atoms with Crippen LogP contribution in [0.5, 0.6) is 0 Å². The number of nitrogens with one attached hydrogen (secondary N) is 3. The lowest BCUT2D eigenvalue weighted by Crippen LogP contribution is -2.57. The molecule has 0 radical (unpaired) electrons. The lowest BCUT2D eigenvalue weighted by atomic mass is 9.45. The number of nitrogens with zero attached hydrogens (tertiary/aromatic N) is 2. The van der Waals surface area contributed by atoms with Crippen LogP contribution in [0.1, 0.15) is 62.6 Å². The predicted octanol–water partition coefficient (Wildman–Crippen LogP) is 5.18. The van der Waals surface area contributed by atoms with Crippen LogP contribution in [0.2, 0.25) is 0 Å². The van der Waals surface area contributed by atoms with E-state index in [1.807, 2.05) is 12.1 Å². The molecule has 4 N–H and O–H groups in total. The molecule has 3 aliphatic carbocycles. The van der Waals surface area contributed by atoms with Crippen LogP contribution < -0.4 is 16.0 Å². The number of guanidine groups is 1. The number of aliphatic imine (C=N–C) groups is 1. The third-order valence-corrected chi connectivity index (χ3v) is 9.94. The molecule has 1 amide bonds. The number of benzene rings is 2. The summed E-state index contributed by atoms with van der Waals surface area (Å²) in [4.78, 5) is 20.4. The van der Waals surface area contributed by atoms with Gasteiger partial charge in [-0.15, -0.1) is 0 Å². The van der Waals surface area contributed by atoms with Crippen LogP contribution in [-0.2, 0) is 0 Å². The molecule has 4 fully saturated rings. The molecule has 2 aromatic carbocycles. The van der Waals surface area contributed by atoms with Crippen molar-refractivity contribution in [2.75, 3.05) is 31.5 Å². The van der Waals surface area contributed by atoms with Gasteiger partial charge in [0.2, 0.25) is 0 Å². The smallest absolute Gasteiger partial charge is 0.251 e. The average molecular weight is 615 g/mol. The predicted molar refractivity (Wildman–Crippen MR) is 161 cm³/mol. The molecule has 7 nitrogen and oxygen atoms in total. The quantitative estimate of drug-likeness (QED) is 0.266. The van der Waals surface area contributed by atoms with E-state index in [0.29, 0.717) is 33.5 Å². The molecule has 2 bridgehead atoms. The summed E-state index contributed by atoms with van der Waals surface area (Å²) in [7, 11) is 0. The molecule has 2 aromatic rings. The lowest BCUT2D eigenvalue weighted by Gasteiger charge is -2.61. The van der Waals surface area contributed by atoms with Crippen molar-refractivity contribution in [2.45, 2.75) is 58.7 Å². The van der Waals surface area contributed by atoms with Gasteiger partial charge in [-0.3, -0.25) is 4.79 Å². The molecule has 0 spiro atoms. The summed E-state index contributed by atoms with van der Waals surface area (Å²) in [6.07, 6.45) is 1.32. The van der Waals surface area contributed by atoms with E-state index in [1.54, 1.807) is 18.2 Å². The van der Waals surface area contributed by atoms with Crippen LogP contribution in [0.4, 0.5) is 10.1 Å². The van der Waals surface area contributed by atoms with Gasteiger partial charge in [0.1, 0.15) is 5.82 Å². The third-order valence-electron chi connectivity index (χ3n) is 9.45. The molecule has 1 aliphatic heterocycles. The van der Waals surface area contributed by atoms with E-state index >= 15 is 0 Å². The second-order valence-corrected chi connectivity index (χ2v) is 13.3. The summed E-state index contributed by atoms with van der Waals surface area (Å²) < 4.78 is 14.7. The normalized spacial score (nSPS) is 28.4. The number of halogens is 2. The molecular weight excluding hydrogens is 573 g/mol. The standard InChI is InChI=1S/C31H41BrFN5O2/c1-18-17-38(12-11-34-18)30(37-27-14-21-13-25(19(27)2)31(21,3)4)36-23-8-5-20(6-9-23)29(40)35-16-28(39)24-10-7-22(32)15-26(24)33/h5-10,15,18-19,21,25,27-28,34,39H,11-14,16-17H2,1-4H3,(H,35,40)(H,36,37)/t18-,19-,21+,25-,27-,28?/m0/s1. The zero-order chi connectivity index (χ0) is 28.6. The lowest BCUT2D eigenvalue weighted by molar-refractivity contribution is -0.108. The van der Waals surface area contributed by atoms with Crippen molar-refractivity contribution in [1.82, 2.24) is 15.5 Å². The number of fused-ring (bicyclic) bond motifs is 2. The largest absolute Gasteiger partial charge is 0.386 e. The summed E-state index contributed by atoms with van der Waals surface area (Å²) in [6.45, 7) is 12.0. The summed E-state index contributed by atoms with van der Waals surface area (Å²) in [5.74, 6) is 2.06. The molecular formula is C31H41BrFN5O2. The zero-order valence-electron chi connectivity index (χ0n) is 23.8. The van der Waals surface area contributed by atoms with Crippen molar-refractivity contribution in [3.05, 3.63) is 63.9 Å². The highest BCUT2D eigenvalue weighted by molar-refractivity contribution is 9.10. The van der Waals surface area contributed by atoms with Crippen LogP contribution in [0.3, 0.4) is 0 Å². The molecule has 216 valence electrons. The molecule has 1 unspecified atom stereocenters. The van der Waals surface area contributed by atoms with Crippen molar-refractivity contribution in [2.24, 2.45) is 28.2 Å².